The molecule has 0 bridgehead atoms. The Bertz CT molecular complexity index is 871. The predicted octanol–water partition coefficient (Wildman–Crippen LogP) is 7.64. The molecule has 30 heavy (non-hydrogen) atoms. The molecule has 0 spiro atoms. The second-order valence-corrected chi connectivity index (χ2v) is 8.42. The molecule has 2 aromatic rings. The molecule has 0 saturated heterocycles. The van der Waals surface area contributed by atoms with Crippen molar-refractivity contribution in [3.63, 3.8) is 0 Å². The van der Waals surface area contributed by atoms with E-state index in [9.17, 15) is 0 Å². The van der Waals surface area contributed by atoms with Gasteiger partial charge in [0, 0.05) is 22.2 Å². The van der Waals surface area contributed by atoms with E-state index < -0.39 is 0 Å². The Labute approximate surface area is 200 Å². The van der Waals surface area contributed by atoms with Gasteiger partial charge in [-0.15, -0.1) is 12.4 Å². The summed E-state index contributed by atoms with van der Waals surface area (Å²) < 4.78 is 11.4. The molecule has 0 radical (unpaired) electrons. The molecule has 0 aliphatic heterocycles. The quantitative estimate of drug-likeness (QED) is 0.289. The number of hydrogen-bond acceptors (Lipinski definition) is 3. The Balaban J connectivity index is 0.00000320. The molecule has 164 valence electrons. The van der Waals surface area contributed by atoms with Crippen LogP contribution in [-0.4, -0.2) is 13.7 Å². The number of hydrogen-bond donors (Lipinski definition) is 1. The first-order valence-corrected chi connectivity index (χ1v) is 11.0. The largest absolute Gasteiger partial charge is 0.493 e. The second-order valence-electron chi connectivity index (χ2n) is 7.17. The molecular formula is C23H27Cl4NO2. The molecule has 0 heterocycles. The van der Waals surface area contributed by atoms with Crippen LogP contribution in [0.1, 0.15) is 43.2 Å². The van der Waals surface area contributed by atoms with E-state index in [4.69, 9.17) is 44.3 Å². The van der Waals surface area contributed by atoms with Gasteiger partial charge in [-0.1, -0.05) is 52.5 Å². The van der Waals surface area contributed by atoms with Crippen LogP contribution in [-0.2, 0) is 13.2 Å². The molecular weight excluding hydrogens is 464 g/mol. The smallest absolute Gasteiger partial charge is 0.180 e. The van der Waals surface area contributed by atoms with Crippen molar-refractivity contribution in [1.29, 1.82) is 0 Å². The van der Waals surface area contributed by atoms with Gasteiger partial charge in [0.05, 0.1) is 12.1 Å². The normalized spacial score (nSPS) is 13.4. The van der Waals surface area contributed by atoms with Crippen LogP contribution in [0.4, 0.5) is 0 Å². The molecule has 7 heteroatoms. The molecule has 1 N–H and O–H groups in total. The van der Waals surface area contributed by atoms with Crippen LogP contribution in [0, 0.1) is 0 Å². The molecule has 0 unspecified atom stereocenters. The number of allylic oxidation sites excluding steroid dienone is 1. The third-order valence-electron chi connectivity index (χ3n) is 5.01. The predicted molar refractivity (Wildman–Crippen MR) is 129 cm³/mol. The van der Waals surface area contributed by atoms with Crippen LogP contribution >= 0.6 is 47.2 Å². The standard InChI is InChI=1S/C23H26Cl3NO2.ClH/c1-28-22-12-17(14-27-10-9-16-5-3-2-4-6-16)11-21(26)23(22)29-15-18-7-8-19(24)13-20(18)25;/h5,7-8,11-13,27H,2-4,6,9-10,14-15H2,1H3;1H. The number of halogens is 4. The van der Waals surface area contributed by atoms with Crippen LogP contribution in [0.2, 0.25) is 15.1 Å². The van der Waals surface area contributed by atoms with Crippen molar-refractivity contribution in [2.75, 3.05) is 13.7 Å². The fourth-order valence-electron chi connectivity index (χ4n) is 3.42. The molecule has 0 fully saturated rings. The van der Waals surface area contributed by atoms with E-state index in [0.717, 1.165) is 30.6 Å². The molecule has 0 amide bonds. The summed E-state index contributed by atoms with van der Waals surface area (Å²) in [5.74, 6) is 1.12. The summed E-state index contributed by atoms with van der Waals surface area (Å²) in [5.41, 5.74) is 3.46. The van der Waals surface area contributed by atoms with Crippen molar-refractivity contribution in [2.45, 2.75) is 45.3 Å². The molecule has 3 rings (SSSR count). The molecule has 1 aliphatic carbocycles. The van der Waals surface area contributed by atoms with E-state index in [1.165, 1.54) is 25.7 Å². The molecule has 0 aromatic heterocycles. The van der Waals surface area contributed by atoms with E-state index in [2.05, 4.69) is 11.4 Å². The fraction of sp³-hybridized carbons (Fsp3) is 0.391. The van der Waals surface area contributed by atoms with Crippen LogP contribution in [0.25, 0.3) is 0 Å². The maximum Gasteiger partial charge on any atom is 0.180 e. The SMILES string of the molecule is COc1cc(CNCCC2=CCCCC2)cc(Cl)c1OCc1ccc(Cl)cc1Cl.Cl. The van der Waals surface area contributed by atoms with Crippen LogP contribution in [0.3, 0.4) is 0 Å². The van der Waals surface area contributed by atoms with Gasteiger partial charge in [0.2, 0.25) is 0 Å². The highest BCUT2D eigenvalue weighted by atomic mass is 35.5. The summed E-state index contributed by atoms with van der Waals surface area (Å²) >= 11 is 18.6. The Morgan fingerprint density at radius 2 is 1.87 bits per heavy atom. The highest BCUT2D eigenvalue weighted by Crippen LogP contribution is 2.37. The maximum absolute atomic E-state index is 6.48. The highest BCUT2D eigenvalue weighted by Gasteiger charge is 2.13. The van der Waals surface area contributed by atoms with Gasteiger partial charge in [0.1, 0.15) is 6.61 Å². The number of rotatable bonds is 9. The lowest BCUT2D eigenvalue weighted by Crippen LogP contribution is -2.16. The van der Waals surface area contributed by atoms with E-state index in [1.54, 1.807) is 24.8 Å². The van der Waals surface area contributed by atoms with E-state index in [-0.39, 0.29) is 19.0 Å². The van der Waals surface area contributed by atoms with E-state index in [0.29, 0.717) is 26.6 Å². The zero-order chi connectivity index (χ0) is 20.6. The summed E-state index contributed by atoms with van der Waals surface area (Å²) in [6.07, 6.45) is 8.61. The van der Waals surface area contributed by atoms with Crippen LogP contribution in [0.15, 0.2) is 42.0 Å². The Kier molecular flexibility index (Phi) is 10.6. The minimum atomic E-state index is 0. The minimum Gasteiger partial charge on any atom is -0.493 e. The highest BCUT2D eigenvalue weighted by molar-refractivity contribution is 6.35. The summed E-state index contributed by atoms with van der Waals surface area (Å²) in [7, 11) is 1.61. The van der Waals surface area contributed by atoms with Gasteiger partial charge in [0.15, 0.2) is 11.5 Å². The lowest BCUT2D eigenvalue weighted by Gasteiger charge is -2.16. The molecule has 2 aromatic carbocycles. The Morgan fingerprint density at radius 3 is 2.57 bits per heavy atom. The van der Waals surface area contributed by atoms with Gasteiger partial charge >= 0.3 is 0 Å². The zero-order valence-corrected chi connectivity index (χ0v) is 20.1. The van der Waals surface area contributed by atoms with Gasteiger partial charge in [-0.05, 0) is 68.5 Å². The van der Waals surface area contributed by atoms with Gasteiger partial charge in [-0.2, -0.15) is 0 Å². The lowest BCUT2D eigenvalue weighted by atomic mass is 9.97. The summed E-state index contributed by atoms with van der Waals surface area (Å²) in [4.78, 5) is 0. The minimum absolute atomic E-state index is 0. The zero-order valence-electron chi connectivity index (χ0n) is 17.0. The van der Waals surface area contributed by atoms with Crippen molar-refractivity contribution in [2.24, 2.45) is 0 Å². The average Bonchev–Trinajstić information content (AvgIpc) is 2.72. The van der Waals surface area contributed by atoms with Crippen LogP contribution in [0.5, 0.6) is 11.5 Å². The molecule has 0 atom stereocenters. The number of methoxy groups -OCH3 is 1. The second kappa shape index (κ2) is 12.7. The van der Waals surface area contributed by atoms with Crippen molar-refractivity contribution < 1.29 is 9.47 Å². The van der Waals surface area contributed by atoms with Crippen molar-refractivity contribution >= 4 is 47.2 Å². The Morgan fingerprint density at radius 1 is 1.03 bits per heavy atom. The monoisotopic (exact) mass is 489 g/mol. The van der Waals surface area contributed by atoms with Gasteiger partial charge in [0.25, 0.3) is 0 Å². The van der Waals surface area contributed by atoms with Crippen molar-refractivity contribution in [1.82, 2.24) is 5.32 Å². The first kappa shape index (κ1) is 25.2. The average molecular weight is 491 g/mol. The fourth-order valence-corrected chi connectivity index (χ4v) is 4.17. The van der Waals surface area contributed by atoms with Crippen LogP contribution < -0.4 is 14.8 Å². The lowest BCUT2D eigenvalue weighted by molar-refractivity contribution is 0.284. The number of ether oxygens (including phenoxy) is 2. The van der Waals surface area contributed by atoms with Gasteiger partial charge in [-0.3, -0.25) is 0 Å². The van der Waals surface area contributed by atoms with Crippen molar-refractivity contribution in [3.8, 4) is 11.5 Å². The van der Waals surface area contributed by atoms with Gasteiger partial charge < -0.3 is 14.8 Å². The number of nitrogens with one attached hydrogen (secondary N) is 1. The molecule has 3 nitrogen and oxygen atoms in total. The van der Waals surface area contributed by atoms with Crippen molar-refractivity contribution in [3.05, 3.63) is 68.2 Å². The first-order chi connectivity index (χ1) is 14.1. The number of benzene rings is 2. The topological polar surface area (TPSA) is 30.5 Å². The summed E-state index contributed by atoms with van der Waals surface area (Å²) in [6.45, 7) is 1.96. The van der Waals surface area contributed by atoms with E-state index >= 15 is 0 Å². The van der Waals surface area contributed by atoms with Gasteiger partial charge in [-0.25, -0.2) is 0 Å². The molecule has 0 saturated carbocycles. The maximum atomic E-state index is 6.48. The summed E-state index contributed by atoms with van der Waals surface area (Å²) in [6, 6.07) is 9.18. The molecule has 1 aliphatic rings. The third kappa shape index (κ3) is 7.25. The Hall–Kier alpha value is -1.10. The van der Waals surface area contributed by atoms with E-state index in [1.807, 2.05) is 18.2 Å². The summed E-state index contributed by atoms with van der Waals surface area (Å²) in [5, 5.41) is 5.15. The first-order valence-electron chi connectivity index (χ1n) is 9.88. The third-order valence-corrected chi connectivity index (χ3v) is 5.88.